The lowest BCUT2D eigenvalue weighted by molar-refractivity contribution is -0.116. The number of benzene rings is 1. The lowest BCUT2D eigenvalue weighted by Gasteiger charge is -2.27. The van der Waals surface area contributed by atoms with Gasteiger partial charge in [-0.25, -0.2) is 13.1 Å². The van der Waals surface area contributed by atoms with Gasteiger partial charge in [-0.15, -0.1) is 5.10 Å². The monoisotopic (exact) mass is 364 g/mol. The molecule has 0 fully saturated rings. The summed E-state index contributed by atoms with van der Waals surface area (Å²) in [6, 6.07) is 5.87. The maximum atomic E-state index is 12.2. The van der Waals surface area contributed by atoms with Crippen molar-refractivity contribution in [1.29, 1.82) is 0 Å². The largest absolute Gasteiger partial charge is 0.374 e. The van der Waals surface area contributed by atoms with Gasteiger partial charge in [0.05, 0.1) is 12.5 Å². The van der Waals surface area contributed by atoms with E-state index in [4.69, 9.17) is 0 Å². The molecule has 25 heavy (non-hydrogen) atoms. The number of rotatable bonds is 5. The van der Waals surface area contributed by atoms with Crippen molar-refractivity contribution in [3.63, 3.8) is 0 Å². The van der Waals surface area contributed by atoms with Gasteiger partial charge in [0.25, 0.3) is 0 Å². The highest BCUT2D eigenvalue weighted by Crippen LogP contribution is 2.28. The molecule has 1 aromatic carbocycles. The molecule has 0 atom stereocenters. The summed E-state index contributed by atoms with van der Waals surface area (Å²) in [4.78, 5) is 14.4. The van der Waals surface area contributed by atoms with Crippen LogP contribution in [-0.4, -0.2) is 49.2 Å². The zero-order valence-corrected chi connectivity index (χ0v) is 14.9. The molecule has 1 aromatic heterocycles. The molecule has 0 saturated heterocycles. The highest BCUT2D eigenvalue weighted by Gasteiger charge is 2.15. The predicted octanol–water partition coefficient (Wildman–Crippen LogP) is 0.671. The summed E-state index contributed by atoms with van der Waals surface area (Å²) in [6.07, 6.45) is 4.47. The third-order valence-corrected chi connectivity index (χ3v) is 4.43. The predicted molar refractivity (Wildman–Crippen MR) is 95.2 cm³/mol. The van der Waals surface area contributed by atoms with Crippen LogP contribution in [0, 0.1) is 0 Å². The number of hydrogen-bond donors (Lipinski definition) is 2. The molecule has 10 heteroatoms. The Kier molecular flexibility index (Phi) is 4.62. The number of nitrogens with one attached hydrogen (secondary N) is 2. The minimum absolute atomic E-state index is 0.0601. The van der Waals surface area contributed by atoms with E-state index < -0.39 is 10.0 Å². The summed E-state index contributed by atoms with van der Waals surface area (Å²) in [7, 11) is -1.37. The first-order chi connectivity index (χ1) is 11.8. The maximum absolute atomic E-state index is 12.2. The van der Waals surface area contributed by atoms with Crippen LogP contribution in [0.2, 0.25) is 0 Å². The van der Waals surface area contributed by atoms with Crippen molar-refractivity contribution in [2.24, 2.45) is 0 Å². The molecule has 0 saturated carbocycles. The lowest BCUT2D eigenvalue weighted by Crippen LogP contribution is -2.25. The van der Waals surface area contributed by atoms with E-state index in [0.29, 0.717) is 0 Å². The quantitative estimate of drug-likeness (QED) is 0.807. The second kappa shape index (κ2) is 6.71. The molecule has 2 heterocycles. The first-order valence-corrected chi connectivity index (χ1v) is 9.71. The molecule has 0 radical (unpaired) electrons. The van der Waals surface area contributed by atoms with Crippen LogP contribution >= 0.6 is 0 Å². The Morgan fingerprint density at radius 2 is 2.16 bits per heavy atom. The number of aromatic nitrogens is 3. The van der Waals surface area contributed by atoms with Gasteiger partial charge < -0.3 is 10.2 Å². The lowest BCUT2D eigenvalue weighted by atomic mass is 10.0. The SMILES string of the molecule is CN1CCCc2cc(NC(=O)Cn3cc(NS(C)(=O)=O)nn3)ccc21. The van der Waals surface area contributed by atoms with E-state index in [0.717, 1.165) is 31.3 Å². The van der Waals surface area contributed by atoms with Gasteiger partial charge in [-0.3, -0.25) is 9.52 Å². The van der Waals surface area contributed by atoms with Gasteiger partial charge in [-0.05, 0) is 36.6 Å². The molecule has 0 aliphatic carbocycles. The number of carbonyl (C=O) groups is 1. The van der Waals surface area contributed by atoms with Gasteiger partial charge in [0.1, 0.15) is 6.54 Å². The summed E-state index contributed by atoms with van der Waals surface area (Å²) in [5.41, 5.74) is 3.14. The van der Waals surface area contributed by atoms with E-state index >= 15 is 0 Å². The Hall–Kier alpha value is -2.62. The molecule has 2 N–H and O–H groups in total. The fourth-order valence-electron chi connectivity index (χ4n) is 2.82. The highest BCUT2D eigenvalue weighted by molar-refractivity contribution is 7.92. The average Bonchev–Trinajstić information content (AvgIpc) is 2.92. The number of nitrogens with zero attached hydrogens (tertiary/aromatic N) is 4. The van der Waals surface area contributed by atoms with Crippen LogP contribution in [0.4, 0.5) is 17.2 Å². The molecule has 3 rings (SSSR count). The van der Waals surface area contributed by atoms with Crippen molar-refractivity contribution in [3.8, 4) is 0 Å². The molecular formula is C15H20N6O3S. The van der Waals surface area contributed by atoms with Gasteiger partial charge in [0.15, 0.2) is 5.82 Å². The van der Waals surface area contributed by atoms with Crippen molar-refractivity contribution >= 4 is 33.1 Å². The van der Waals surface area contributed by atoms with Crippen LogP contribution in [0.3, 0.4) is 0 Å². The fourth-order valence-corrected chi connectivity index (χ4v) is 3.30. The summed E-state index contributed by atoms with van der Waals surface area (Å²) in [6.45, 7) is 0.976. The Balaban J connectivity index is 1.63. The smallest absolute Gasteiger partial charge is 0.246 e. The van der Waals surface area contributed by atoms with E-state index in [1.807, 2.05) is 18.2 Å². The van der Waals surface area contributed by atoms with Gasteiger partial charge in [0, 0.05) is 25.0 Å². The van der Waals surface area contributed by atoms with Crippen LogP contribution in [0.25, 0.3) is 0 Å². The minimum Gasteiger partial charge on any atom is -0.374 e. The van der Waals surface area contributed by atoms with Crippen molar-refractivity contribution in [2.45, 2.75) is 19.4 Å². The third-order valence-electron chi connectivity index (χ3n) is 3.85. The van der Waals surface area contributed by atoms with Crippen LogP contribution in [0.15, 0.2) is 24.4 Å². The van der Waals surface area contributed by atoms with E-state index in [2.05, 4.69) is 32.3 Å². The summed E-state index contributed by atoms with van der Waals surface area (Å²) >= 11 is 0. The number of carbonyl (C=O) groups excluding carboxylic acids is 1. The van der Waals surface area contributed by atoms with Crippen LogP contribution in [0.5, 0.6) is 0 Å². The zero-order valence-electron chi connectivity index (χ0n) is 14.1. The molecule has 1 aliphatic heterocycles. The number of hydrogen-bond acceptors (Lipinski definition) is 6. The summed E-state index contributed by atoms with van der Waals surface area (Å²) in [5, 5.41) is 10.2. The van der Waals surface area contributed by atoms with Gasteiger partial charge >= 0.3 is 0 Å². The Morgan fingerprint density at radius 1 is 1.36 bits per heavy atom. The van der Waals surface area contributed by atoms with Gasteiger partial charge in [-0.2, -0.15) is 0 Å². The van der Waals surface area contributed by atoms with Gasteiger partial charge in [0.2, 0.25) is 15.9 Å². The zero-order chi connectivity index (χ0) is 18.0. The number of fused-ring (bicyclic) bond motifs is 1. The average molecular weight is 364 g/mol. The molecule has 1 aliphatic rings. The second-order valence-corrected chi connectivity index (χ2v) is 7.84. The van der Waals surface area contributed by atoms with Crippen molar-refractivity contribution in [3.05, 3.63) is 30.0 Å². The van der Waals surface area contributed by atoms with E-state index in [9.17, 15) is 13.2 Å². The topological polar surface area (TPSA) is 109 Å². The Bertz CT molecular complexity index is 892. The number of anilines is 3. The Labute approximate surface area is 146 Å². The standard InChI is InChI=1S/C15H20N6O3S/c1-20-7-3-4-11-8-12(5-6-13(11)20)16-15(22)10-21-9-14(17-19-21)18-25(2,23)24/h5-6,8-9,18H,3-4,7,10H2,1-2H3,(H,16,22). The fraction of sp³-hybridized carbons (Fsp3) is 0.400. The van der Waals surface area contributed by atoms with Gasteiger partial charge in [-0.1, -0.05) is 5.21 Å². The first-order valence-electron chi connectivity index (χ1n) is 7.82. The summed E-state index contributed by atoms with van der Waals surface area (Å²) in [5.74, 6) is -0.188. The van der Waals surface area contributed by atoms with E-state index in [1.54, 1.807) is 0 Å². The number of amides is 1. The van der Waals surface area contributed by atoms with Crippen molar-refractivity contribution in [1.82, 2.24) is 15.0 Å². The van der Waals surface area contributed by atoms with E-state index in [-0.39, 0.29) is 18.3 Å². The highest BCUT2D eigenvalue weighted by atomic mass is 32.2. The van der Waals surface area contributed by atoms with Crippen molar-refractivity contribution in [2.75, 3.05) is 34.8 Å². The second-order valence-electron chi connectivity index (χ2n) is 6.09. The molecule has 0 spiro atoms. The Morgan fingerprint density at radius 3 is 2.92 bits per heavy atom. The van der Waals surface area contributed by atoms with Crippen LogP contribution in [-0.2, 0) is 27.8 Å². The molecule has 1 amide bonds. The third kappa shape index (κ3) is 4.47. The van der Waals surface area contributed by atoms with Crippen LogP contribution in [0.1, 0.15) is 12.0 Å². The molecule has 0 bridgehead atoms. The molecule has 0 unspecified atom stereocenters. The number of aryl methyl sites for hydroxylation is 1. The number of sulfonamides is 1. The van der Waals surface area contributed by atoms with E-state index in [1.165, 1.54) is 22.1 Å². The first kappa shape index (κ1) is 17.2. The molecule has 9 nitrogen and oxygen atoms in total. The normalized spacial score (nSPS) is 14.1. The summed E-state index contributed by atoms with van der Waals surface area (Å²) < 4.78 is 25.8. The maximum Gasteiger partial charge on any atom is 0.246 e. The van der Waals surface area contributed by atoms with Crippen molar-refractivity contribution < 1.29 is 13.2 Å². The molecule has 134 valence electrons. The molecule has 2 aromatic rings. The molecular weight excluding hydrogens is 344 g/mol. The van der Waals surface area contributed by atoms with Crippen LogP contribution < -0.4 is 14.9 Å². The minimum atomic E-state index is -3.42.